The average Bonchev–Trinajstić information content (AvgIpc) is 2.94. The lowest BCUT2D eigenvalue weighted by Gasteiger charge is -2.12. The number of esters is 1. The van der Waals surface area contributed by atoms with E-state index in [0.29, 0.717) is 6.42 Å². The normalized spacial score (nSPS) is 11.6. The number of fused-ring (bicyclic) bond motifs is 1. The molecule has 3 rings (SSSR count). The van der Waals surface area contributed by atoms with E-state index in [1.54, 1.807) is 6.92 Å². The van der Waals surface area contributed by atoms with E-state index in [0.717, 1.165) is 12.1 Å². The van der Waals surface area contributed by atoms with Gasteiger partial charge in [-0.25, -0.2) is 27.0 Å². The number of aryl methyl sites for hydroxylation is 1. The second-order valence-corrected chi connectivity index (χ2v) is 8.39. The predicted molar refractivity (Wildman–Crippen MR) is 107 cm³/mol. The van der Waals surface area contributed by atoms with Gasteiger partial charge in [0.05, 0.1) is 35.2 Å². The van der Waals surface area contributed by atoms with Gasteiger partial charge in [0.2, 0.25) is 15.9 Å². The van der Waals surface area contributed by atoms with Gasteiger partial charge >= 0.3 is 5.97 Å². The molecule has 2 aromatic heterocycles. The van der Waals surface area contributed by atoms with Crippen LogP contribution in [0.5, 0.6) is 5.88 Å². The van der Waals surface area contributed by atoms with E-state index in [4.69, 9.17) is 0 Å². The molecule has 1 aromatic carbocycles. The lowest BCUT2D eigenvalue weighted by molar-refractivity contribution is 0.0600. The van der Waals surface area contributed by atoms with Crippen molar-refractivity contribution in [3.63, 3.8) is 0 Å². The van der Waals surface area contributed by atoms with Crippen LogP contribution >= 0.6 is 0 Å². The maximum absolute atomic E-state index is 15.2. The minimum atomic E-state index is -3.84. The van der Waals surface area contributed by atoms with Gasteiger partial charge in [-0.1, -0.05) is 6.92 Å². The van der Waals surface area contributed by atoms with E-state index in [9.17, 15) is 22.7 Å². The summed E-state index contributed by atoms with van der Waals surface area (Å²) >= 11 is 0. The van der Waals surface area contributed by atoms with Crippen LogP contribution in [0.1, 0.15) is 23.7 Å². The fraction of sp³-hybridized carbons (Fsp3) is 0.263. The fourth-order valence-electron chi connectivity index (χ4n) is 3.12. The van der Waals surface area contributed by atoms with Crippen molar-refractivity contribution in [2.45, 2.75) is 13.3 Å². The molecule has 0 bridgehead atoms. The first-order valence-electron chi connectivity index (χ1n) is 8.85. The van der Waals surface area contributed by atoms with Crippen LogP contribution in [0, 0.1) is 11.6 Å². The Balaban J connectivity index is 2.28. The van der Waals surface area contributed by atoms with Crippen molar-refractivity contribution in [1.29, 1.82) is 0 Å². The molecule has 0 aliphatic heterocycles. The molecule has 2 heterocycles. The van der Waals surface area contributed by atoms with Crippen molar-refractivity contribution < 1.29 is 31.8 Å². The molecule has 0 aliphatic rings. The van der Waals surface area contributed by atoms with Gasteiger partial charge < -0.3 is 9.84 Å². The third kappa shape index (κ3) is 3.67. The van der Waals surface area contributed by atoms with Crippen LogP contribution in [0.2, 0.25) is 0 Å². The number of methoxy groups -OCH3 is 1. The Kier molecular flexibility index (Phi) is 5.66. The van der Waals surface area contributed by atoms with E-state index >= 15 is 4.39 Å². The van der Waals surface area contributed by atoms with Gasteiger partial charge in [0.25, 0.3) is 0 Å². The number of halogens is 2. The molecule has 0 aliphatic carbocycles. The van der Waals surface area contributed by atoms with Gasteiger partial charge in [-0.2, -0.15) is 0 Å². The summed E-state index contributed by atoms with van der Waals surface area (Å²) in [7, 11) is -1.25. The highest BCUT2D eigenvalue weighted by Gasteiger charge is 2.26. The number of sulfonamides is 1. The number of aromatic hydroxyl groups is 1. The smallest absolute Gasteiger partial charge is 0.339 e. The van der Waals surface area contributed by atoms with E-state index in [-0.39, 0.29) is 27.9 Å². The molecule has 0 saturated heterocycles. The number of benzene rings is 1. The largest absolute Gasteiger partial charge is 0.494 e. The third-order valence-corrected chi connectivity index (χ3v) is 5.97. The molecule has 30 heavy (non-hydrogen) atoms. The first-order valence-corrected chi connectivity index (χ1v) is 10.5. The number of pyridine rings is 1. The Hall–Kier alpha value is -3.21. The Bertz CT molecular complexity index is 1260. The van der Waals surface area contributed by atoms with E-state index in [1.165, 1.54) is 31.0 Å². The number of rotatable bonds is 6. The van der Waals surface area contributed by atoms with Crippen LogP contribution in [0.15, 0.2) is 24.4 Å². The Labute approximate surface area is 171 Å². The molecular weight excluding hydrogens is 420 g/mol. The zero-order valence-corrected chi connectivity index (χ0v) is 17.2. The number of carbonyl (C=O) groups is 1. The second kappa shape index (κ2) is 7.90. The molecular formula is C19H19F2N3O5S. The highest BCUT2D eigenvalue weighted by molar-refractivity contribution is 7.92. The van der Waals surface area contributed by atoms with Crippen molar-refractivity contribution in [1.82, 2.24) is 9.55 Å². The number of aromatic nitrogens is 2. The third-order valence-electron chi connectivity index (χ3n) is 4.50. The lowest BCUT2D eigenvalue weighted by atomic mass is 10.0. The topological polar surface area (TPSA) is 111 Å². The number of carbonyl (C=O) groups excluding carboxylic acids is 1. The van der Waals surface area contributed by atoms with Crippen LogP contribution in [0.4, 0.5) is 14.5 Å². The summed E-state index contributed by atoms with van der Waals surface area (Å²) in [6, 6.07) is 3.13. The summed E-state index contributed by atoms with van der Waals surface area (Å²) in [4.78, 5) is 15.9. The Morgan fingerprint density at radius 2 is 2.00 bits per heavy atom. The SMILES string of the molecule is CCCS(=O)(=O)Nc1ccc(F)c(-c2c(O)n(C)c3ncc(C(=O)OC)cc23)c1F. The van der Waals surface area contributed by atoms with Gasteiger partial charge in [-0.3, -0.25) is 9.29 Å². The van der Waals surface area contributed by atoms with E-state index in [1.807, 2.05) is 0 Å². The molecule has 0 fully saturated rings. The molecule has 160 valence electrons. The minimum Gasteiger partial charge on any atom is -0.494 e. The summed E-state index contributed by atoms with van der Waals surface area (Å²) in [5.41, 5.74) is -1.22. The number of ether oxygens (including phenoxy) is 1. The van der Waals surface area contributed by atoms with E-state index < -0.39 is 44.8 Å². The Morgan fingerprint density at radius 1 is 1.30 bits per heavy atom. The molecule has 0 atom stereocenters. The fourth-order valence-corrected chi connectivity index (χ4v) is 4.25. The van der Waals surface area contributed by atoms with Crippen molar-refractivity contribution in [2.24, 2.45) is 7.05 Å². The molecule has 0 unspecified atom stereocenters. The number of nitrogens with zero attached hydrogens (tertiary/aromatic N) is 2. The quantitative estimate of drug-likeness (QED) is 0.571. The number of hydrogen-bond donors (Lipinski definition) is 2. The molecule has 11 heteroatoms. The first-order chi connectivity index (χ1) is 14.1. The van der Waals surface area contributed by atoms with Crippen LogP contribution < -0.4 is 4.72 Å². The summed E-state index contributed by atoms with van der Waals surface area (Å²) < 4.78 is 61.9. The zero-order valence-electron chi connectivity index (χ0n) is 16.4. The van der Waals surface area contributed by atoms with Gasteiger partial charge in [-0.05, 0) is 24.6 Å². The lowest BCUT2D eigenvalue weighted by Crippen LogP contribution is -2.17. The van der Waals surface area contributed by atoms with Crippen LogP contribution in [-0.2, 0) is 21.8 Å². The van der Waals surface area contributed by atoms with Gasteiger partial charge in [0, 0.05) is 18.6 Å². The van der Waals surface area contributed by atoms with Crippen molar-refractivity contribution in [2.75, 3.05) is 17.6 Å². The van der Waals surface area contributed by atoms with Crippen molar-refractivity contribution in [3.8, 4) is 17.0 Å². The maximum Gasteiger partial charge on any atom is 0.339 e. The number of anilines is 1. The van der Waals surface area contributed by atoms with Gasteiger partial charge in [0.1, 0.15) is 11.5 Å². The number of hydrogen-bond acceptors (Lipinski definition) is 6. The summed E-state index contributed by atoms with van der Waals surface area (Å²) in [5.74, 6) is -3.71. The Morgan fingerprint density at radius 3 is 2.63 bits per heavy atom. The molecule has 8 nitrogen and oxygen atoms in total. The van der Waals surface area contributed by atoms with Crippen LogP contribution in [0.3, 0.4) is 0 Å². The molecule has 0 saturated carbocycles. The van der Waals surface area contributed by atoms with Crippen LogP contribution in [-0.4, -0.2) is 41.9 Å². The van der Waals surface area contributed by atoms with Gasteiger partial charge in [0.15, 0.2) is 5.82 Å². The molecule has 2 N–H and O–H groups in total. The summed E-state index contributed by atoms with van der Waals surface area (Å²) in [5, 5.41) is 10.6. The zero-order chi connectivity index (χ0) is 22.2. The monoisotopic (exact) mass is 439 g/mol. The summed E-state index contributed by atoms with van der Waals surface area (Å²) in [6.45, 7) is 1.64. The molecule has 0 spiro atoms. The van der Waals surface area contributed by atoms with E-state index in [2.05, 4.69) is 14.4 Å². The second-order valence-electron chi connectivity index (χ2n) is 6.55. The predicted octanol–water partition coefficient (Wildman–Crippen LogP) is 3.16. The maximum atomic E-state index is 15.2. The highest BCUT2D eigenvalue weighted by Crippen LogP contribution is 2.42. The van der Waals surface area contributed by atoms with Crippen molar-refractivity contribution >= 4 is 32.7 Å². The molecule has 0 amide bonds. The van der Waals surface area contributed by atoms with Crippen molar-refractivity contribution in [3.05, 3.63) is 41.6 Å². The standard InChI is InChI=1S/C19H19F2N3O5S/c1-4-7-30(27,28)23-13-6-5-12(20)15(16(13)21)14-11-8-10(19(26)29-3)9-22-17(11)24(2)18(14)25/h5-6,8-9,23,25H,4,7H2,1-3H3. The minimum absolute atomic E-state index is 0.0115. The summed E-state index contributed by atoms with van der Waals surface area (Å²) in [6.07, 6.45) is 1.51. The highest BCUT2D eigenvalue weighted by atomic mass is 32.2. The van der Waals surface area contributed by atoms with Gasteiger partial charge in [-0.15, -0.1) is 0 Å². The molecule has 3 aromatic rings. The average molecular weight is 439 g/mol. The van der Waals surface area contributed by atoms with Crippen LogP contribution in [0.25, 0.3) is 22.2 Å². The first kappa shape index (κ1) is 21.5. The molecule has 0 radical (unpaired) electrons. The number of nitrogens with one attached hydrogen (secondary N) is 1.